The van der Waals surface area contributed by atoms with Crippen LogP contribution >= 0.6 is 10.0 Å². The SMILES string of the molecule is COC(=O)[C@@H]1[C@@H](c2ccc(Oc3ccnc4c3c(C)cn4COCCS(C)(C)C)cc2)CCN1C(=O)OC(C)(C)C. The smallest absolute Gasteiger partial charge is 0.411 e. The highest BCUT2D eigenvalue weighted by atomic mass is 32.3. The summed E-state index contributed by atoms with van der Waals surface area (Å²) in [6.07, 6.45) is 10.7. The molecule has 0 spiro atoms. The van der Waals surface area contributed by atoms with Gasteiger partial charge in [0, 0.05) is 30.6 Å². The molecule has 1 aliphatic rings. The second-order valence-corrected chi connectivity index (χ2v) is 16.9. The molecule has 224 valence electrons. The van der Waals surface area contributed by atoms with Crippen molar-refractivity contribution < 1.29 is 28.5 Å². The summed E-state index contributed by atoms with van der Waals surface area (Å²) in [5, 5.41) is 0.941. The number of benzene rings is 1. The van der Waals surface area contributed by atoms with Crippen LogP contribution in [0.15, 0.2) is 42.7 Å². The van der Waals surface area contributed by atoms with E-state index in [0.29, 0.717) is 37.8 Å². The summed E-state index contributed by atoms with van der Waals surface area (Å²) in [4.78, 5) is 31.7. The topological polar surface area (TPSA) is 92.1 Å². The fourth-order valence-corrected chi connectivity index (χ4v) is 5.64. The number of esters is 1. The first-order chi connectivity index (χ1) is 19.3. The molecule has 0 unspecified atom stereocenters. The lowest BCUT2D eigenvalue weighted by Gasteiger charge is -2.29. The van der Waals surface area contributed by atoms with E-state index >= 15 is 0 Å². The van der Waals surface area contributed by atoms with Crippen molar-refractivity contribution in [3.63, 3.8) is 0 Å². The predicted octanol–water partition coefficient (Wildman–Crippen LogP) is 6.07. The quantitative estimate of drug-likeness (QED) is 0.222. The van der Waals surface area contributed by atoms with E-state index in [4.69, 9.17) is 18.9 Å². The van der Waals surface area contributed by atoms with E-state index in [0.717, 1.165) is 27.9 Å². The largest absolute Gasteiger partial charge is 0.467 e. The van der Waals surface area contributed by atoms with Crippen molar-refractivity contribution >= 4 is 33.1 Å². The van der Waals surface area contributed by atoms with Crippen LogP contribution in [0.3, 0.4) is 0 Å². The summed E-state index contributed by atoms with van der Waals surface area (Å²) in [6.45, 7) is 9.02. The molecule has 1 aliphatic heterocycles. The van der Waals surface area contributed by atoms with Crippen LogP contribution in [0.25, 0.3) is 11.0 Å². The molecule has 1 fully saturated rings. The molecule has 0 bridgehead atoms. The lowest BCUT2D eigenvalue weighted by Crippen LogP contribution is -2.45. The van der Waals surface area contributed by atoms with Gasteiger partial charge in [0.2, 0.25) is 0 Å². The maximum atomic E-state index is 12.8. The van der Waals surface area contributed by atoms with Crippen LogP contribution in [0.2, 0.25) is 0 Å². The zero-order valence-electron chi connectivity index (χ0n) is 25.4. The second-order valence-electron chi connectivity index (χ2n) is 12.3. The van der Waals surface area contributed by atoms with Gasteiger partial charge in [-0.15, -0.1) is 0 Å². The van der Waals surface area contributed by atoms with Gasteiger partial charge in [-0.05, 0) is 82.2 Å². The minimum absolute atomic E-state index is 0.215. The number of aromatic nitrogens is 2. The minimum Gasteiger partial charge on any atom is -0.467 e. The molecule has 1 saturated heterocycles. The van der Waals surface area contributed by atoms with Crippen LogP contribution in [0, 0.1) is 6.92 Å². The van der Waals surface area contributed by atoms with E-state index in [1.807, 2.05) is 48.0 Å². The number of carbonyl (C=O) groups is 2. The highest BCUT2D eigenvalue weighted by Gasteiger charge is 2.44. The summed E-state index contributed by atoms with van der Waals surface area (Å²) >= 11 is 0. The average molecular weight is 586 g/mol. The maximum Gasteiger partial charge on any atom is 0.411 e. The number of likely N-dealkylation sites (tertiary alicyclic amines) is 1. The number of hydrogen-bond donors (Lipinski definition) is 0. The molecule has 0 N–H and O–H groups in total. The van der Waals surface area contributed by atoms with E-state index in [1.54, 1.807) is 27.0 Å². The van der Waals surface area contributed by atoms with Gasteiger partial charge in [0.05, 0.1) is 19.1 Å². The number of methoxy groups -OCH3 is 1. The maximum absolute atomic E-state index is 12.8. The summed E-state index contributed by atoms with van der Waals surface area (Å²) in [7, 11) is 0.735. The Hall–Kier alpha value is -3.24. The Morgan fingerprint density at radius 1 is 1.10 bits per heavy atom. The van der Waals surface area contributed by atoms with Gasteiger partial charge in [-0.1, -0.05) is 12.1 Å². The Kier molecular flexibility index (Phi) is 9.23. The first kappa shape index (κ1) is 30.7. The summed E-state index contributed by atoms with van der Waals surface area (Å²) in [5.74, 6) is 1.76. The molecule has 3 aromatic rings. The molecule has 3 heterocycles. The van der Waals surface area contributed by atoms with Gasteiger partial charge in [0.1, 0.15) is 35.5 Å². The summed E-state index contributed by atoms with van der Waals surface area (Å²) in [6, 6.07) is 8.76. The molecular weight excluding hydrogens is 542 g/mol. The van der Waals surface area contributed by atoms with Crippen LogP contribution in [0.4, 0.5) is 4.79 Å². The molecule has 0 saturated carbocycles. The van der Waals surface area contributed by atoms with Gasteiger partial charge in [0.15, 0.2) is 0 Å². The number of ether oxygens (including phenoxy) is 4. The number of nitrogens with zero attached hydrogens (tertiary/aromatic N) is 3. The van der Waals surface area contributed by atoms with Crippen molar-refractivity contribution in [3.05, 3.63) is 53.9 Å². The molecule has 2 atom stereocenters. The highest BCUT2D eigenvalue weighted by Crippen LogP contribution is 2.38. The highest BCUT2D eigenvalue weighted by molar-refractivity contribution is 8.32. The third-order valence-electron chi connectivity index (χ3n) is 6.98. The van der Waals surface area contributed by atoms with Gasteiger partial charge in [-0.3, -0.25) is 4.90 Å². The van der Waals surface area contributed by atoms with Crippen LogP contribution in [-0.2, 0) is 25.7 Å². The van der Waals surface area contributed by atoms with E-state index < -0.39 is 33.7 Å². The molecule has 1 amide bonds. The lowest BCUT2D eigenvalue weighted by molar-refractivity contribution is -0.146. The number of hydrogen-bond acceptors (Lipinski definition) is 7. The molecule has 10 heteroatoms. The van der Waals surface area contributed by atoms with E-state index in [2.05, 4.69) is 23.8 Å². The number of fused-ring (bicyclic) bond motifs is 1. The number of rotatable bonds is 9. The van der Waals surface area contributed by atoms with Gasteiger partial charge >= 0.3 is 12.1 Å². The van der Waals surface area contributed by atoms with Crippen LogP contribution in [-0.4, -0.2) is 82.9 Å². The molecule has 0 aliphatic carbocycles. The summed E-state index contributed by atoms with van der Waals surface area (Å²) < 4.78 is 24.9. The Labute approximate surface area is 244 Å². The zero-order valence-corrected chi connectivity index (χ0v) is 26.2. The first-order valence-corrected chi connectivity index (χ1v) is 16.8. The molecule has 0 radical (unpaired) electrons. The molecule has 4 rings (SSSR count). The molecule has 41 heavy (non-hydrogen) atoms. The third kappa shape index (κ3) is 7.54. The van der Waals surface area contributed by atoms with Crippen molar-refractivity contribution in [1.29, 1.82) is 0 Å². The molecular formula is C31H43N3O6S. The molecule has 1 aromatic carbocycles. The van der Waals surface area contributed by atoms with Crippen molar-refractivity contribution in [2.45, 2.75) is 58.4 Å². The van der Waals surface area contributed by atoms with E-state index in [9.17, 15) is 9.59 Å². The van der Waals surface area contributed by atoms with Crippen LogP contribution in [0.1, 0.15) is 44.2 Å². The fourth-order valence-electron chi connectivity index (χ4n) is 5.03. The van der Waals surface area contributed by atoms with Crippen molar-refractivity contribution in [3.8, 4) is 11.5 Å². The van der Waals surface area contributed by atoms with Crippen molar-refractivity contribution in [2.75, 3.05) is 44.8 Å². The number of amides is 1. The second kappa shape index (κ2) is 12.3. The molecule has 2 aromatic heterocycles. The fraction of sp³-hybridized carbons (Fsp3) is 0.516. The van der Waals surface area contributed by atoms with Crippen molar-refractivity contribution in [2.24, 2.45) is 0 Å². The number of aryl methyl sites for hydroxylation is 1. The van der Waals surface area contributed by atoms with E-state index in [1.165, 1.54) is 12.0 Å². The van der Waals surface area contributed by atoms with Crippen LogP contribution < -0.4 is 4.74 Å². The third-order valence-corrected chi connectivity index (χ3v) is 8.38. The lowest BCUT2D eigenvalue weighted by atomic mass is 9.91. The van der Waals surface area contributed by atoms with E-state index in [-0.39, 0.29) is 5.92 Å². The predicted molar refractivity (Wildman–Crippen MR) is 163 cm³/mol. The minimum atomic E-state index is -0.754. The number of carbonyl (C=O) groups excluding carboxylic acids is 2. The van der Waals surface area contributed by atoms with Gasteiger partial charge < -0.3 is 23.5 Å². The average Bonchev–Trinajstić information content (AvgIpc) is 3.47. The number of pyridine rings is 1. The monoisotopic (exact) mass is 585 g/mol. The van der Waals surface area contributed by atoms with Gasteiger partial charge in [-0.2, -0.15) is 0 Å². The van der Waals surface area contributed by atoms with Gasteiger partial charge in [-0.25, -0.2) is 24.6 Å². The Bertz CT molecular complexity index is 1370. The Morgan fingerprint density at radius 3 is 2.44 bits per heavy atom. The Morgan fingerprint density at radius 2 is 1.80 bits per heavy atom. The summed E-state index contributed by atoms with van der Waals surface area (Å²) in [5.41, 5.74) is 2.13. The first-order valence-electron chi connectivity index (χ1n) is 13.8. The zero-order chi connectivity index (χ0) is 29.9. The van der Waals surface area contributed by atoms with Crippen molar-refractivity contribution in [1.82, 2.24) is 14.5 Å². The van der Waals surface area contributed by atoms with Gasteiger partial charge in [0.25, 0.3) is 0 Å². The standard InChI is InChI=1S/C31H43N3O6S/c1-21-19-33(20-38-17-18-41(6,7)8)28-26(21)25(13-15-32-28)39-23-11-9-22(10-12-23)24-14-16-34(27(24)29(35)37-5)30(36)40-31(2,3)4/h9-13,15,19,24,27H,14,16-18,20H2,1-8H3/t24-,27+/m1/s1. The molecule has 9 nitrogen and oxygen atoms in total. The normalized spacial score (nSPS) is 18.0. The Balaban J connectivity index is 1.49. The van der Waals surface area contributed by atoms with Crippen LogP contribution in [0.5, 0.6) is 11.5 Å².